The molecule has 1 fully saturated rings. The highest BCUT2D eigenvalue weighted by molar-refractivity contribution is 6.30. The molecule has 0 aliphatic heterocycles. The molecule has 4 nitrogen and oxygen atoms in total. The van der Waals surface area contributed by atoms with Crippen molar-refractivity contribution < 1.29 is 14.6 Å². The zero-order chi connectivity index (χ0) is 20.5. The van der Waals surface area contributed by atoms with Crippen LogP contribution in [-0.4, -0.2) is 24.7 Å². The minimum absolute atomic E-state index is 0.00591. The van der Waals surface area contributed by atoms with Crippen molar-refractivity contribution in [2.45, 2.75) is 56.0 Å². The van der Waals surface area contributed by atoms with Crippen LogP contribution in [0.3, 0.4) is 0 Å². The van der Waals surface area contributed by atoms with Crippen LogP contribution in [0.4, 0.5) is 0 Å². The summed E-state index contributed by atoms with van der Waals surface area (Å²) < 4.78 is 5.32. The number of carbonyl (C=O) groups excluding carboxylic acids is 1. The molecule has 0 heterocycles. The number of halogens is 1. The Balaban J connectivity index is 1.55. The van der Waals surface area contributed by atoms with Crippen LogP contribution in [0.1, 0.15) is 55.2 Å². The molecule has 5 heteroatoms. The number of ether oxygens (including phenoxy) is 1. The predicted molar refractivity (Wildman–Crippen MR) is 114 cm³/mol. The molecular formula is C24H28ClNO3. The smallest absolute Gasteiger partial charge is 0.230 e. The molecular weight excluding hydrogens is 386 g/mol. The van der Waals surface area contributed by atoms with Crippen molar-refractivity contribution in [1.82, 2.24) is 5.32 Å². The number of methoxy groups -OCH3 is 1. The zero-order valence-corrected chi connectivity index (χ0v) is 17.6. The first-order valence-electron chi connectivity index (χ1n) is 10.4. The first kappa shape index (κ1) is 20.2. The van der Waals surface area contributed by atoms with E-state index in [0.29, 0.717) is 11.4 Å². The minimum atomic E-state index is -1.05. The van der Waals surface area contributed by atoms with Crippen molar-refractivity contribution in [3.63, 3.8) is 0 Å². The van der Waals surface area contributed by atoms with Gasteiger partial charge in [-0.25, -0.2) is 0 Å². The first-order valence-corrected chi connectivity index (χ1v) is 10.8. The van der Waals surface area contributed by atoms with Gasteiger partial charge in [-0.15, -0.1) is 0 Å². The number of benzene rings is 2. The molecule has 4 rings (SSSR count). The van der Waals surface area contributed by atoms with E-state index in [2.05, 4.69) is 5.32 Å². The fourth-order valence-electron chi connectivity index (χ4n) is 5.04. The second kappa shape index (κ2) is 8.00. The third-order valence-corrected chi connectivity index (χ3v) is 6.93. The molecule has 0 radical (unpaired) electrons. The van der Waals surface area contributed by atoms with Gasteiger partial charge in [0.1, 0.15) is 11.4 Å². The van der Waals surface area contributed by atoms with E-state index in [0.717, 1.165) is 61.0 Å². The number of hydrogen-bond donors (Lipinski definition) is 2. The summed E-state index contributed by atoms with van der Waals surface area (Å²) in [5.74, 6) is 0.802. The van der Waals surface area contributed by atoms with E-state index >= 15 is 0 Å². The van der Waals surface area contributed by atoms with E-state index in [-0.39, 0.29) is 12.5 Å². The monoisotopic (exact) mass is 413 g/mol. The molecule has 1 atom stereocenters. The summed E-state index contributed by atoms with van der Waals surface area (Å²) in [5, 5.41) is 15.2. The quantitative estimate of drug-likeness (QED) is 0.758. The molecule has 2 aromatic carbocycles. The summed E-state index contributed by atoms with van der Waals surface area (Å²) in [7, 11) is 1.65. The molecule has 0 aromatic heterocycles. The van der Waals surface area contributed by atoms with E-state index < -0.39 is 11.0 Å². The summed E-state index contributed by atoms with van der Waals surface area (Å²) in [6, 6.07) is 13.4. The van der Waals surface area contributed by atoms with Gasteiger partial charge in [0.25, 0.3) is 0 Å². The Hall–Kier alpha value is -2.04. The van der Waals surface area contributed by atoms with Crippen molar-refractivity contribution >= 4 is 17.5 Å². The number of fused-ring (bicyclic) bond motifs is 1. The fraction of sp³-hybridized carbons (Fsp3) is 0.458. The SMILES string of the molecule is COc1ccc2c(c1)CCCC2(O)CNC(=O)C1(c2ccc(Cl)cc2)CCCC1. The third kappa shape index (κ3) is 3.76. The van der Waals surface area contributed by atoms with Crippen LogP contribution >= 0.6 is 11.6 Å². The molecule has 2 aromatic rings. The maximum Gasteiger partial charge on any atom is 0.230 e. The lowest BCUT2D eigenvalue weighted by molar-refractivity contribution is -0.128. The molecule has 1 amide bonds. The summed E-state index contributed by atoms with van der Waals surface area (Å²) in [4.78, 5) is 13.4. The minimum Gasteiger partial charge on any atom is -0.497 e. The molecule has 0 saturated heterocycles. The van der Waals surface area contributed by atoms with Gasteiger partial charge in [-0.1, -0.05) is 42.6 Å². The Kier molecular flexibility index (Phi) is 5.58. The summed E-state index contributed by atoms with van der Waals surface area (Å²) in [5.41, 5.74) is 1.43. The maximum atomic E-state index is 13.4. The van der Waals surface area contributed by atoms with E-state index in [1.807, 2.05) is 42.5 Å². The standard InChI is InChI=1S/C24H28ClNO3/c1-29-20-10-11-21-17(15-20)5-4-14-24(21,28)16-26-22(27)23(12-2-3-13-23)18-6-8-19(25)9-7-18/h6-11,15,28H,2-5,12-14,16H2,1H3,(H,26,27). The normalized spacial score (nSPS) is 22.7. The van der Waals surface area contributed by atoms with Gasteiger partial charge in [-0.05, 0) is 73.1 Å². The van der Waals surface area contributed by atoms with Crippen molar-refractivity contribution in [2.24, 2.45) is 0 Å². The summed E-state index contributed by atoms with van der Waals surface area (Å²) in [6.45, 7) is 0.223. The Morgan fingerprint density at radius 3 is 2.52 bits per heavy atom. The van der Waals surface area contributed by atoms with Crippen molar-refractivity contribution in [1.29, 1.82) is 0 Å². The van der Waals surface area contributed by atoms with Crippen molar-refractivity contribution in [3.05, 3.63) is 64.2 Å². The molecule has 2 aliphatic carbocycles. The molecule has 1 saturated carbocycles. The number of rotatable bonds is 5. The number of aryl methyl sites for hydroxylation is 1. The van der Waals surface area contributed by atoms with Gasteiger partial charge >= 0.3 is 0 Å². The number of aliphatic hydroxyl groups is 1. The van der Waals surface area contributed by atoms with Crippen molar-refractivity contribution in [2.75, 3.05) is 13.7 Å². The van der Waals surface area contributed by atoms with Crippen LogP contribution in [0.2, 0.25) is 5.02 Å². The maximum absolute atomic E-state index is 13.4. The predicted octanol–water partition coefficient (Wildman–Crippen LogP) is 4.50. The number of amides is 1. The molecule has 2 N–H and O–H groups in total. The third-order valence-electron chi connectivity index (χ3n) is 6.68. The average Bonchev–Trinajstić information content (AvgIpc) is 3.23. The van der Waals surface area contributed by atoms with Gasteiger partial charge < -0.3 is 15.2 Å². The van der Waals surface area contributed by atoms with Crippen LogP contribution in [0, 0.1) is 0 Å². The number of hydrogen-bond acceptors (Lipinski definition) is 3. The summed E-state index contributed by atoms with van der Waals surface area (Å²) >= 11 is 6.05. The molecule has 154 valence electrons. The van der Waals surface area contributed by atoms with Gasteiger partial charge in [0.15, 0.2) is 0 Å². The van der Waals surface area contributed by atoms with E-state index in [4.69, 9.17) is 16.3 Å². The topological polar surface area (TPSA) is 58.6 Å². The highest BCUT2D eigenvalue weighted by Gasteiger charge is 2.44. The first-order chi connectivity index (χ1) is 14.0. The number of carbonyl (C=O) groups is 1. The van der Waals surface area contributed by atoms with E-state index in [1.165, 1.54) is 0 Å². The zero-order valence-electron chi connectivity index (χ0n) is 16.8. The van der Waals surface area contributed by atoms with Crippen LogP contribution in [0.25, 0.3) is 0 Å². The van der Waals surface area contributed by atoms with Crippen molar-refractivity contribution in [3.8, 4) is 5.75 Å². The van der Waals surface area contributed by atoms with Gasteiger partial charge in [0.05, 0.1) is 19.1 Å². The van der Waals surface area contributed by atoms with Crippen LogP contribution in [-0.2, 0) is 22.2 Å². The lowest BCUT2D eigenvalue weighted by atomic mass is 9.76. The fourth-order valence-corrected chi connectivity index (χ4v) is 5.16. The molecule has 0 spiro atoms. The molecule has 1 unspecified atom stereocenters. The second-order valence-electron chi connectivity index (χ2n) is 8.39. The Bertz CT molecular complexity index is 889. The van der Waals surface area contributed by atoms with Gasteiger partial charge in [0, 0.05) is 5.02 Å². The van der Waals surface area contributed by atoms with Crippen LogP contribution < -0.4 is 10.1 Å². The Morgan fingerprint density at radius 2 is 1.83 bits per heavy atom. The molecule has 29 heavy (non-hydrogen) atoms. The number of nitrogens with one attached hydrogen (secondary N) is 1. The van der Waals surface area contributed by atoms with Gasteiger partial charge in [-0.2, -0.15) is 0 Å². The Morgan fingerprint density at radius 1 is 1.10 bits per heavy atom. The van der Waals surface area contributed by atoms with Gasteiger partial charge in [0.2, 0.25) is 5.91 Å². The largest absolute Gasteiger partial charge is 0.497 e. The highest BCUT2D eigenvalue weighted by Crippen LogP contribution is 2.42. The average molecular weight is 414 g/mol. The van der Waals surface area contributed by atoms with Crippen LogP contribution in [0.15, 0.2) is 42.5 Å². The lowest BCUT2D eigenvalue weighted by Crippen LogP contribution is -2.49. The molecule has 0 bridgehead atoms. The highest BCUT2D eigenvalue weighted by atomic mass is 35.5. The van der Waals surface area contributed by atoms with Gasteiger partial charge in [-0.3, -0.25) is 4.79 Å². The van der Waals surface area contributed by atoms with Crippen LogP contribution in [0.5, 0.6) is 5.75 Å². The second-order valence-corrected chi connectivity index (χ2v) is 8.82. The lowest BCUT2D eigenvalue weighted by Gasteiger charge is -2.36. The molecule has 2 aliphatic rings. The Labute approximate surface area is 177 Å². The van der Waals surface area contributed by atoms with E-state index in [9.17, 15) is 9.90 Å². The summed E-state index contributed by atoms with van der Waals surface area (Å²) in [6.07, 6.45) is 6.15. The van der Waals surface area contributed by atoms with E-state index in [1.54, 1.807) is 7.11 Å².